The van der Waals surface area contributed by atoms with Crippen LogP contribution in [0.4, 0.5) is 4.79 Å². The summed E-state index contributed by atoms with van der Waals surface area (Å²) in [5, 5.41) is 3.16. The molecule has 4 aromatic rings. The minimum absolute atomic E-state index is 0.0645. The lowest BCUT2D eigenvalue weighted by molar-refractivity contribution is -0.130. The zero-order chi connectivity index (χ0) is 25.1. The van der Waals surface area contributed by atoms with E-state index in [2.05, 4.69) is 9.88 Å². The molecule has 4 amide bonds. The summed E-state index contributed by atoms with van der Waals surface area (Å²) in [5.74, 6) is -0.0692. The maximum atomic E-state index is 13.1. The largest absolute Gasteiger partial charge is 0.493 e. The van der Waals surface area contributed by atoms with Gasteiger partial charge in [0, 0.05) is 29.2 Å². The predicted molar refractivity (Wildman–Crippen MR) is 134 cm³/mol. The van der Waals surface area contributed by atoms with Crippen LogP contribution >= 0.6 is 0 Å². The first-order valence-corrected chi connectivity index (χ1v) is 11.7. The number of rotatable bonds is 8. The molecule has 5 rings (SSSR count). The van der Waals surface area contributed by atoms with Gasteiger partial charge < -0.3 is 13.7 Å². The lowest BCUT2D eigenvalue weighted by atomic mass is 10.1. The highest BCUT2D eigenvalue weighted by Crippen LogP contribution is 2.26. The van der Waals surface area contributed by atoms with Crippen molar-refractivity contribution in [2.24, 2.45) is 0 Å². The number of aromatic nitrogens is 1. The van der Waals surface area contributed by atoms with Gasteiger partial charge in [0.1, 0.15) is 17.1 Å². The number of barbiturate groups is 1. The van der Waals surface area contributed by atoms with Crippen LogP contribution in [0.2, 0.25) is 0 Å². The second-order valence-corrected chi connectivity index (χ2v) is 8.55. The third kappa shape index (κ3) is 4.65. The summed E-state index contributed by atoms with van der Waals surface area (Å²) >= 11 is 0. The molecule has 8 heteroatoms. The van der Waals surface area contributed by atoms with Gasteiger partial charge in [0.15, 0.2) is 0 Å². The van der Waals surface area contributed by atoms with E-state index >= 15 is 0 Å². The molecule has 1 fully saturated rings. The predicted octanol–water partition coefficient (Wildman–Crippen LogP) is 4.67. The smallest absolute Gasteiger partial charge is 0.331 e. The van der Waals surface area contributed by atoms with Crippen LogP contribution in [0.15, 0.2) is 83.1 Å². The van der Waals surface area contributed by atoms with Crippen LogP contribution in [-0.2, 0) is 22.7 Å². The fourth-order valence-electron chi connectivity index (χ4n) is 4.26. The number of nitrogens with zero attached hydrogens (tertiary/aromatic N) is 2. The molecule has 0 spiro atoms. The number of imide groups is 2. The van der Waals surface area contributed by atoms with Crippen LogP contribution in [0.25, 0.3) is 17.0 Å². The van der Waals surface area contributed by atoms with E-state index in [1.165, 1.54) is 6.26 Å². The van der Waals surface area contributed by atoms with E-state index in [0.29, 0.717) is 18.9 Å². The lowest BCUT2D eigenvalue weighted by Crippen LogP contribution is -2.53. The molecule has 0 unspecified atom stereocenters. The van der Waals surface area contributed by atoms with E-state index in [9.17, 15) is 14.4 Å². The van der Waals surface area contributed by atoms with Crippen LogP contribution in [0.3, 0.4) is 0 Å². The van der Waals surface area contributed by atoms with Gasteiger partial charge in [-0.2, -0.15) is 0 Å². The van der Waals surface area contributed by atoms with Crippen LogP contribution < -0.4 is 10.1 Å². The Hall–Kier alpha value is -4.59. The number of hydrogen-bond donors (Lipinski definition) is 1. The van der Waals surface area contributed by atoms with Crippen molar-refractivity contribution in [3.8, 4) is 5.75 Å². The van der Waals surface area contributed by atoms with Crippen molar-refractivity contribution in [1.29, 1.82) is 0 Å². The number of hydrogen-bond acceptors (Lipinski definition) is 5. The van der Waals surface area contributed by atoms with Crippen LogP contribution in [0.1, 0.15) is 23.3 Å². The Balaban J connectivity index is 1.37. The number of fused-ring (bicyclic) bond motifs is 1. The molecular weight excluding hydrogens is 458 g/mol. The molecule has 1 aliphatic heterocycles. The Labute approximate surface area is 207 Å². The number of aryl methyl sites for hydroxylation is 2. The number of ether oxygens (including phenoxy) is 1. The third-order valence-electron chi connectivity index (χ3n) is 6.09. The molecule has 3 heterocycles. The molecule has 0 bridgehead atoms. The number of benzene rings is 2. The molecule has 0 radical (unpaired) electrons. The molecule has 36 heavy (non-hydrogen) atoms. The minimum Gasteiger partial charge on any atom is -0.493 e. The lowest BCUT2D eigenvalue weighted by Gasteiger charge is -2.25. The van der Waals surface area contributed by atoms with Gasteiger partial charge >= 0.3 is 6.03 Å². The third-order valence-corrected chi connectivity index (χ3v) is 6.09. The van der Waals surface area contributed by atoms with Crippen molar-refractivity contribution in [2.45, 2.75) is 26.4 Å². The monoisotopic (exact) mass is 483 g/mol. The van der Waals surface area contributed by atoms with E-state index in [-0.39, 0.29) is 12.1 Å². The SMILES string of the molecule is Cc1ccccc1OCCCn1cc(/C=C2\C(=O)NC(=O)N(Cc3ccco3)C2=O)c2ccccc21. The van der Waals surface area contributed by atoms with Crippen molar-refractivity contribution in [3.05, 3.63) is 95.6 Å². The van der Waals surface area contributed by atoms with Gasteiger partial charge in [0.2, 0.25) is 0 Å². The molecule has 0 aliphatic carbocycles. The number of carbonyl (C=O) groups excluding carboxylic acids is 3. The van der Waals surface area contributed by atoms with Crippen LogP contribution in [-0.4, -0.2) is 33.9 Å². The van der Waals surface area contributed by atoms with Gasteiger partial charge in [-0.05, 0) is 49.2 Å². The molecule has 1 aliphatic rings. The summed E-state index contributed by atoms with van der Waals surface area (Å²) in [4.78, 5) is 39.0. The Bertz CT molecular complexity index is 1470. The minimum atomic E-state index is -0.769. The molecule has 8 nitrogen and oxygen atoms in total. The average Bonchev–Trinajstić information content (AvgIpc) is 3.51. The van der Waals surface area contributed by atoms with Crippen molar-refractivity contribution >= 4 is 34.8 Å². The fraction of sp³-hybridized carbons (Fsp3) is 0.179. The van der Waals surface area contributed by atoms with Crippen LogP contribution in [0, 0.1) is 6.92 Å². The van der Waals surface area contributed by atoms with Gasteiger partial charge in [-0.25, -0.2) is 4.79 Å². The van der Waals surface area contributed by atoms with Gasteiger partial charge in [0.05, 0.1) is 19.4 Å². The number of furan rings is 1. The summed E-state index contributed by atoms with van der Waals surface area (Å²) < 4.78 is 13.3. The van der Waals surface area contributed by atoms with E-state index in [0.717, 1.165) is 39.1 Å². The van der Waals surface area contributed by atoms with Crippen molar-refractivity contribution < 1.29 is 23.5 Å². The Kier molecular flexibility index (Phi) is 6.40. The number of para-hydroxylation sites is 2. The van der Waals surface area contributed by atoms with E-state index in [1.54, 1.807) is 18.2 Å². The molecule has 1 saturated heterocycles. The van der Waals surface area contributed by atoms with Gasteiger partial charge in [-0.1, -0.05) is 36.4 Å². The van der Waals surface area contributed by atoms with Crippen molar-refractivity contribution in [2.75, 3.05) is 6.61 Å². The first-order chi connectivity index (χ1) is 17.5. The molecule has 182 valence electrons. The van der Waals surface area contributed by atoms with Crippen molar-refractivity contribution in [3.63, 3.8) is 0 Å². The summed E-state index contributed by atoms with van der Waals surface area (Å²) in [7, 11) is 0. The number of urea groups is 1. The fourth-order valence-corrected chi connectivity index (χ4v) is 4.26. The van der Waals surface area contributed by atoms with Gasteiger partial charge in [-0.15, -0.1) is 0 Å². The number of nitrogens with one attached hydrogen (secondary N) is 1. The maximum absolute atomic E-state index is 13.1. The standard InChI is InChI=1S/C28H25N3O5/c1-19-8-2-5-12-25(19)36-15-7-13-30-17-20(22-10-3-4-11-24(22)30)16-23-26(32)29-28(34)31(27(23)33)18-21-9-6-14-35-21/h2-6,8-12,14,16-17H,7,13,15,18H2,1H3,(H,29,32,34)/b23-16+. The summed E-state index contributed by atoms with van der Waals surface area (Å²) in [6.45, 7) is 3.20. The Morgan fingerprint density at radius 1 is 1.00 bits per heavy atom. The second kappa shape index (κ2) is 9.95. The number of amides is 4. The molecule has 0 atom stereocenters. The second-order valence-electron chi connectivity index (χ2n) is 8.55. The van der Waals surface area contributed by atoms with Gasteiger partial charge in [0.25, 0.3) is 11.8 Å². The highest BCUT2D eigenvalue weighted by molar-refractivity contribution is 6.31. The summed E-state index contributed by atoms with van der Waals surface area (Å²) in [6, 6.07) is 18.3. The average molecular weight is 484 g/mol. The van der Waals surface area contributed by atoms with Crippen molar-refractivity contribution in [1.82, 2.24) is 14.8 Å². The quantitative estimate of drug-likeness (QED) is 0.223. The van der Waals surface area contributed by atoms with E-state index < -0.39 is 17.8 Å². The zero-order valence-corrected chi connectivity index (χ0v) is 19.8. The van der Waals surface area contributed by atoms with E-state index in [4.69, 9.17) is 9.15 Å². The normalized spacial score (nSPS) is 15.1. The Morgan fingerprint density at radius 2 is 1.81 bits per heavy atom. The highest BCUT2D eigenvalue weighted by Gasteiger charge is 2.36. The summed E-state index contributed by atoms with van der Waals surface area (Å²) in [5.41, 5.74) is 2.68. The van der Waals surface area contributed by atoms with Gasteiger partial charge in [-0.3, -0.25) is 19.8 Å². The summed E-state index contributed by atoms with van der Waals surface area (Å²) in [6.07, 6.45) is 5.69. The molecule has 2 aromatic carbocycles. The maximum Gasteiger partial charge on any atom is 0.331 e. The van der Waals surface area contributed by atoms with E-state index in [1.807, 2.05) is 61.7 Å². The van der Waals surface area contributed by atoms with Crippen LogP contribution in [0.5, 0.6) is 5.75 Å². The molecular formula is C28H25N3O5. The first kappa shape index (κ1) is 23.2. The Morgan fingerprint density at radius 3 is 2.61 bits per heavy atom. The highest BCUT2D eigenvalue weighted by atomic mass is 16.5. The molecule has 2 aromatic heterocycles. The zero-order valence-electron chi connectivity index (χ0n) is 19.8. The topological polar surface area (TPSA) is 93.8 Å². The first-order valence-electron chi connectivity index (χ1n) is 11.7. The molecule has 0 saturated carbocycles. The molecule has 1 N–H and O–H groups in total. The number of carbonyl (C=O) groups is 3.